The maximum absolute atomic E-state index is 9.57. The van der Waals surface area contributed by atoms with E-state index in [-0.39, 0.29) is 11.5 Å². The SMILES string of the molecule is CC(O)CC(C)(C)CNC(Cc1ccccn1)C1CC1. The second-order valence-electron chi connectivity index (χ2n) is 7.07. The van der Waals surface area contributed by atoms with E-state index in [1.165, 1.54) is 18.5 Å². The fourth-order valence-electron chi connectivity index (χ4n) is 2.93. The number of rotatable bonds is 8. The van der Waals surface area contributed by atoms with Gasteiger partial charge < -0.3 is 10.4 Å². The molecule has 0 amide bonds. The van der Waals surface area contributed by atoms with Gasteiger partial charge >= 0.3 is 0 Å². The van der Waals surface area contributed by atoms with Crippen molar-refractivity contribution in [2.45, 2.75) is 58.6 Å². The van der Waals surface area contributed by atoms with Crippen molar-refractivity contribution < 1.29 is 5.11 Å². The second kappa shape index (κ2) is 6.68. The second-order valence-corrected chi connectivity index (χ2v) is 7.07. The van der Waals surface area contributed by atoms with Gasteiger partial charge in [0.25, 0.3) is 0 Å². The number of aliphatic hydroxyl groups is 1. The van der Waals surface area contributed by atoms with Crippen LogP contribution in [0.15, 0.2) is 24.4 Å². The number of hydrogen-bond acceptors (Lipinski definition) is 3. The van der Waals surface area contributed by atoms with E-state index in [1.807, 2.05) is 19.2 Å². The Balaban J connectivity index is 1.87. The van der Waals surface area contributed by atoms with Crippen LogP contribution in [0.3, 0.4) is 0 Å². The lowest BCUT2D eigenvalue weighted by atomic mass is 9.86. The molecule has 0 aliphatic heterocycles. The lowest BCUT2D eigenvalue weighted by molar-refractivity contribution is 0.125. The van der Waals surface area contributed by atoms with E-state index >= 15 is 0 Å². The standard InChI is InChI=1S/C17H28N2O/c1-13(20)11-17(2,3)12-19-16(14-7-8-14)10-15-6-4-5-9-18-15/h4-6,9,13-14,16,19-20H,7-8,10-12H2,1-3H3. The molecule has 0 bridgehead atoms. The Morgan fingerprint density at radius 1 is 1.40 bits per heavy atom. The summed E-state index contributed by atoms with van der Waals surface area (Å²) >= 11 is 0. The van der Waals surface area contributed by atoms with Crippen LogP contribution in [0.4, 0.5) is 0 Å². The first-order chi connectivity index (χ1) is 9.46. The number of nitrogens with zero attached hydrogens (tertiary/aromatic N) is 1. The minimum absolute atomic E-state index is 0.130. The summed E-state index contributed by atoms with van der Waals surface area (Å²) in [5.41, 5.74) is 1.30. The van der Waals surface area contributed by atoms with Crippen molar-refractivity contribution in [3.05, 3.63) is 30.1 Å². The summed E-state index contributed by atoms with van der Waals surface area (Å²) in [6.45, 7) is 7.26. The Bertz CT molecular complexity index is 399. The minimum Gasteiger partial charge on any atom is -0.393 e. The summed E-state index contributed by atoms with van der Waals surface area (Å²) in [6.07, 6.45) is 6.15. The summed E-state index contributed by atoms with van der Waals surface area (Å²) < 4.78 is 0. The number of aromatic nitrogens is 1. The topological polar surface area (TPSA) is 45.1 Å². The molecule has 0 radical (unpaired) electrons. The third-order valence-electron chi connectivity index (χ3n) is 4.04. The van der Waals surface area contributed by atoms with Crippen LogP contribution in [-0.4, -0.2) is 28.8 Å². The molecule has 2 rings (SSSR count). The molecule has 112 valence electrons. The predicted octanol–water partition coefficient (Wildman–Crippen LogP) is 2.79. The Hall–Kier alpha value is -0.930. The van der Waals surface area contributed by atoms with Crippen LogP contribution in [-0.2, 0) is 6.42 Å². The van der Waals surface area contributed by atoms with Gasteiger partial charge in [-0.1, -0.05) is 19.9 Å². The van der Waals surface area contributed by atoms with Crippen LogP contribution in [0.1, 0.15) is 45.7 Å². The van der Waals surface area contributed by atoms with E-state index in [1.54, 1.807) is 0 Å². The molecule has 1 fully saturated rings. The van der Waals surface area contributed by atoms with Gasteiger partial charge in [-0.15, -0.1) is 0 Å². The van der Waals surface area contributed by atoms with Crippen LogP contribution in [0.25, 0.3) is 0 Å². The van der Waals surface area contributed by atoms with E-state index < -0.39 is 0 Å². The normalized spacial score (nSPS) is 18.8. The molecule has 0 saturated heterocycles. The van der Waals surface area contributed by atoms with Crippen LogP contribution in [0.2, 0.25) is 0 Å². The Morgan fingerprint density at radius 3 is 2.70 bits per heavy atom. The van der Waals surface area contributed by atoms with Crippen LogP contribution < -0.4 is 5.32 Å². The molecule has 20 heavy (non-hydrogen) atoms. The molecule has 1 aliphatic rings. The van der Waals surface area contributed by atoms with Crippen molar-refractivity contribution >= 4 is 0 Å². The summed E-state index contributed by atoms with van der Waals surface area (Å²) in [5.74, 6) is 0.805. The number of pyridine rings is 1. The Kier molecular flexibility index (Phi) is 5.17. The number of hydrogen-bond donors (Lipinski definition) is 2. The first-order valence-electron chi connectivity index (χ1n) is 7.78. The highest BCUT2D eigenvalue weighted by Gasteiger charge is 2.32. The first kappa shape index (κ1) is 15.5. The molecule has 3 heteroatoms. The monoisotopic (exact) mass is 276 g/mol. The van der Waals surface area contributed by atoms with E-state index in [4.69, 9.17) is 0 Å². The zero-order valence-corrected chi connectivity index (χ0v) is 13.0. The molecule has 1 aromatic heterocycles. The minimum atomic E-state index is -0.234. The average molecular weight is 276 g/mol. The molecular formula is C17H28N2O. The number of nitrogens with one attached hydrogen (secondary N) is 1. The molecular weight excluding hydrogens is 248 g/mol. The van der Waals surface area contributed by atoms with E-state index in [0.29, 0.717) is 6.04 Å². The highest BCUT2D eigenvalue weighted by molar-refractivity contribution is 5.07. The fourth-order valence-corrected chi connectivity index (χ4v) is 2.93. The Labute approximate surface area is 122 Å². The lowest BCUT2D eigenvalue weighted by Crippen LogP contribution is -2.40. The van der Waals surface area contributed by atoms with Crippen LogP contribution >= 0.6 is 0 Å². The van der Waals surface area contributed by atoms with Gasteiger partial charge in [0.15, 0.2) is 0 Å². The van der Waals surface area contributed by atoms with Gasteiger partial charge in [0.1, 0.15) is 0 Å². The van der Waals surface area contributed by atoms with Gasteiger partial charge in [-0.3, -0.25) is 4.98 Å². The molecule has 2 atom stereocenters. The molecule has 3 nitrogen and oxygen atoms in total. The summed E-state index contributed by atoms with van der Waals surface area (Å²) in [5, 5.41) is 13.3. The van der Waals surface area contributed by atoms with Gasteiger partial charge in [-0.05, 0) is 49.7 Å². The van der Waals surface area contributed by atoms with Crippen LogP contribution in [0.5, 0.6) is 0 Å². The van der Waals surface area contributed by atoms with Crippen molar-refractivity contribution in [1.29, 1.82) is 0 Å². The lowest BCUT2D eigenvalue weighted by Gasteiger charge is -2.29. The van der Waals surface area contributed by atoms with Gasteiger partial charge in [0.05, 0.1) is 6.10 Å². The molecule has 1 saturated carbocycles. The molecule has 2 unspecified atom stereocenters. The van der Waals surface area contributed by atoms with Crippen molar-refractivity contribution in [2.24, 2.45) is 11.3 Å². The summed E-state index contributed by atoms with van der Waals surface area (Å²) in [4.78, 5) is 4.44. The predicted molar refractivity (Wildman–Crippen MR) is 82.5 cm³/mol. The largest absolute Gasteiger partial charge is 0.393 e. The third-order valence-corrected chi connectivity index (χ3v) is 4.04. The fraction of sp³-hybridized carbons (Fsp3) is 0.706. The average Bonchev–Trinajstić information content (AvgIpc) is 3.18. The number of aliphatic hydroxyl groups excluding tert-OH is 1. The van der Waals surface area contributed by atoms with Crippen LogP contribution in [0, 0.1) is 11.3 Å². The van der Waals surface area contributed by atoms with Crippen molar-refractivity contribution in [1.82, 2.24) is 10.3 Å². The smallest absolute Gasteiger partial charge is 0.0517 e. The highest BCUT2D eigenvalue weighted by atomic mass is 16.3. The van der Waals surface area contributed by atoms with Gasteiger partial charge in [-0.2, -0.15) is 0 Å². The third kappa shape index (κ3) is 5.22. The van der Waals surface area contributed by atoms with Gasteiger partial charge in [0.2, 0.25) is 0 Å². The van der Waals surface area contributed by atoms with Crippen molar-refractivity contribution in [3.8, 4) is 0 Å². The quantitative estimate of drug-likeness (QED) is 0.767. The van der Waals surface area contributed by atoms with Crippen molar-refractivity contribution in [2.75, 3.05) is 6.54 Å². The highest BCUT2D eigenvalue weighted by Crippen LogP contribution is 2.34. The van der Waals surface area contributed by atoms with Crippen molar-refractivity contribution in [3.63, 3.8) is 0 Å². The molecule has 0 spiro atoms. The van der Waals surface area contributed by atoms with Gasteiger partial charge in [0, 0.05) is 30.9 Å². The van der Waals surface area contributed by atoms with Gasteiger partial charge in [-0.25, -0.2) is 0 Å². The summed E-state index contributed by atoms with van der Waals surface area (Å²) in [7, 11) is 0. The van der Waals surface area contributed by atoms with E-state index in [0.717, 1.165) is 25.3 Å². The molecule has 0 aromatic carbocycles. The molecule has 1 heterocycles. The first-order valence-corrected chi connectivity index (χ1v) is 7.78. The van der Waals surface area contributed by atoms with E-state index in [2.05, 4.69) is 36.3 Å². The summed E-state index contributed by atoms with van der Waals surface area (Å²) in [6, 6.07) is 6.66. The zero-order valence-electron chi connectivity index (χ0n) is 13.0. The Morgan fingerprint density at radius 2 is 2.15 bits per heavy atom. The maximum atomic E-state index is 9.57. The molecule has 2 N–H and O–H groups in total. The molecule has 1 aromatic rings. The zero-order chi connectivity index (χ0) is 14.6. The molecule has 1 aliphatic carbocycles. The maximum Gasteiger partial charge on any atom is 0.0517 e. The van der Waals surface area contributed by atoms with E-state index in [9.17, 15) is 5.11 Å².